The van der Waals surface area contributed by atoms with Gasteiger partial charge in [-0.2, -0.15) is 0 Å². The van der Waals surface area contributed by atoms with E-state index in [9.17, 15) is 5.11 Å². The molecule has 1 saturated heterocycles. The molecule has 6 rings (SSSR count). The Kier molecular flexibility index (Phi) is 3.59. The molecule has 4 heteroatoms. The summed E-state index contributed by atoms with van der Waals surface area (Å²) in [7, 11) is 0. The minimum absolute atomic E-state index is 0.243. The van der Waals surface area contributed by atoms with Crippen LogP contribution in [-0.2, 0) is 6.54 Å². The molecule has 1 aliphatic heterocycles. The Morgan fingerprint density at radius 1 is 1.17 bits per heavy atom. The van der Waals surface area contributed by atoms with Gasteiger partial charge in [0.15, 0.2) is 0 Å². The van der Waals surface area contributed by atoms with Crippen LogP contribution in [0, 0.1) is 11.8 Å². The zero-order valence-electron chi connectivity index (χ0n) is 14.5. The van der Waals surface area contributed by atoms with Crippen LogP contribution in [0.3, 0.4) is 0 Å². The lowest BCUT2D eigenvalue weighted by molar-refractivity contribution is -0.145. The van der Waals surface area contributed by atoms with Crippen molar-refractivity contribution < 1.29 is 9.52 Å². The Bertz CT molecular complexity index is 562. The normalized spacial score (nSPS) is 42.7. The van der Waals surface area contributed by atoms with Crippen LogP contribution in [0.2, 0.25) is 0 Å². The average Bonchev–Trinajstić information content (AvgIpc) is 2.99. The summed E-state index contributed by atoms with van der Waals surface area (Å²) in [5, 5.41) is 15.0. The van der Waals surface area contributed by atoms with Crippen LogP contribution in [0.5, 0.6) is 0 Å². The highest BCUT2D eigenvalue weighted by molar-refractivity contribution is 5.13. The molecule has 0 spiro atoms. The third-order valence-electron chi connectivity index (χ3n) is 7.09. The first-order valence-electron chi connectivity index (χ1n) is 9.85. The maximum atomic E-state index is 10.9. The van der Waals surface area contributed by atoms with Crippen LogP contribution < -0.4 is 5.32 Å². The fourth-order valence-electron chi connectivity index (χ4n) is 6.67. The number of nitrogens with one attached hydrogen (secondary N) is 1. The van der Waals surface area contributed by atoms with E-state index in [-0.39, 0.29) is 11.1 Å². The van der Waals surface area contributed by atoms with Gasteiger partial charge < -0.3 is 14.8 Å². The van der Waals surface area contributed by atoms with Gasteiger partial charge in [0.25, 0.3) is 0 Å². The number of nitrogens with zero attached hydrogens (tertiary/aromatic N) is 1. The van der Waals surface area contributed by atoms with E-state index in [0.717, 1.165) is 56.5 Å². The maximum Gasteiger partial charge on any atom is 0.117 e. The molecule has 4 bridgehead atoms. The second-order valence-corrected chi connectivity index (χ2v) is 9.24. The van der Waals surface area contributed by atoms with E-state index in [0.29, 0.717) is 6.04 Å². The van der Waals surface area contributed by atoms with E-state index >= 15 is 0 Å². The SMILES string of the molecule is OC12CC3CC(C1)CC(NC1CCN(Cc4ccco4)CC1)(C3)C2. The molecule has 2 N–H and O–H groups in total. The molecule has 0 aromatic carbocycles. The highest BCUT2D eigenvalue weighted by Gasteiger charge is 2.57. The monoisotopic (exact) mass is 330 g/mol. The highest BCUT2D eigenvalue weighted by Crippen LogP contribution is 2.57. The predicted molar refractivity (Wildman–Crippen MR) is 92.5 cm³/mol. The van der Waals surface area contributed by atoms with E-state index in [1.165, 1.54) is 32.1 Å². The van der Waals surface area contributed by atoms with E-state index in [2.05, 4.69) is 16.3 Å². The molecule has 2 heterocycles. The van der Waals surface area contributed by atoms with E-state index in [1.54, 1.807) is 6.26 Å². The van der Waals surface area contributed by atoms with Crippen LogP contribution in [0.4, 0.5) is 0 Å². The Hall–Kier alpha value is -0.840. The fraction of sp³-hybridized carbons (Fsp3) is 0.800. The van der Waals surface area contributed by atoms with Gasteiger partial charge >= 0.3 is 0 Å². The summed E-state index contributed by atoms with van der Waals surface area (Å²) in [6, 6.07) is 4.67. The van der Waals surface area contributed by atoms with Crippen molar-refractivity contribution in [3.8, 4) is 0 Å². The minimum atomic E-state index is -0.350. The summed E-state index contributed by atoms with van der Waals surface area (Å²) in [4.78, 5) is 2.50. The number of hydrogen-bond donors (Lipinski definition) is 2. The molecule has 0 radical (unpaired) electrons. The number of hydrogen-bond acceptors (Lipinski definition) is 4. The smallest absolute Gasteiger partial charge is 0.117 e. The molecule has 4 saturated carbocycles. The van der Waals surface area contributed by atoms with Gasteiger partial charge in [0.1, 0.15) is 5.76 Å². The van der Waals surface area contributed by atoms with Crippen LogP contribution in [0.15, 0.2) is 22.8 Å². The second-order valence-electron chi connectivity index (χ2n) is 9.24. The van der Waals surface area contributed by atoms with Crippen molar-refractivity contribution in [1.82, 2.24) is 10.2 Å². The number of piperidine rings is 1. The van der Waals surface area contributed by atoms with Crippen LogP contribution >= 0.6 is 0 Å². The molecule has 2 atom stereocenters. The van der Waals surface area contributed by atoms with Gasteiger partial charge in [-0.25, -0.2) is 0 Å². The highest BCUT2D eigenvalue weighted by atomic mass is 16.3. The van der Waals surface area contributed by atoms with Crippen molar-refractivity contribution in [3.63, 3.8) is 0 Å². The number of rotatable bonds is 4. The third kappa shape index (κ3) is 2.83. The van der Waals surface area contributed by atoms with E-state index in [1.807, 2.05) is 6.07 Å². The lowest BCUT2D eigenvalue weighted by atomic mass is 9.51. The predicted octanol–water partition coefficient (Wildman–Crippen LogP) is 2.92. The maximum absolute atomic E-state index is 10.9. The van der Waals surface area contributed by atoms with Crippen molar-refractivity contribution in [1.29, 1.82) is 0 Å². The molecule has 132 valence electrons. The summed E-state index contributed by atoms with van der Waals surface area (Å²) >= 11 is 0. The standard InChI is InChI=1S/C20H30N2O2/c23-20-11-15-8-16(12-20)10-19(9-15,14-20)21-17-3-5-22(6-4-17)13-18-2-1-7-24-18/h1-2,7,15-17,21,23H,3-6,8-14H2. The van der Waals surface area contributed by atoms with Crippen LogP contribution in [-0.4, -0.2) is 40.3 Å². The lowest BCUT2D eigenvalue weighted by Crippen LogP contribution is -2.66. The van der Waals surface area contributed by atoms with Gasteiger partial charge in [0.2, 0.25) is 0 Å². The zero-order chi connectivity index (χ0) is 16.2. The van der Waals surface area contributed by atoms with E-state index in [4.69, 9.17) is 4.42 Å². The first kappa shape index (κ1) is 15.4. The molecule has 5 aliphatic rings. The van der Waals surface area contributed by atoms with Gasteiger partial charge in [-0.05, 0) is 75.3 Å². The van der Waals surface area contributed by atoms with E-state index < -0.39 is 0 Å². The summed E-state index contributed by atoms with van der Waals surface area (Å²) in [5.41, 5.74) is -0.107. The Balaban J connectivity index is 1.19. The summed E-state index contributed by atoms with van der Waals surface area (Å²) in [6.07, 6.45) is 11.3. The van der Waals surface area contributed by atoms with Gasteiger partial charge in [-0.15, -0.1) is 0 Å². The molecule has 1 aromatic rings. The Morgan fingerprint density at radius 3 is 2.54 bits per heavy atom. The molecule has 24 heavy (non-hydrogen) atoms. The topological polar surface area (TPSA) is 48.6 Å². The van der Waals surface area contributed by atoms with Crippen LogP contribution in [0.25, 0.3) is 0 Å². The lowest BCUT2D eigenvalue weighted by Gasteiger charge is -2.61. The fourth-order valence-corrected chi connectivity index (χ4v) is 6.67. The zero-order valence-corrected chi connectivity index (χ0v) is 14.5. The Labute approximate surface area is 144 Å². The van der Waals surface area contributed by atoms with Crippen LogP contribution in [0.1, 0.15) is 57.1 Å². The quantitative estimate of drug-likeness (QED) is 0.891. The molecule has 0 amide bonds. The Morgan fingerprint density at radius 2 is 1.92 bits per heavy atom. The third-order valence-corrected chi connectivity index (χ3v) is 7.09. The van der Waals surface area contributed by atoms with Crippen molar-refractivity contribution in [3.05, 3.63) is 24.2 Å². The van der Waals surface area contributed by atoms with Gasteiger partial charge in [-0.1, -0.05) is 0 Å². The van der Waals surface area contributed by atoms with Crippen molar-refractivity contribution in [2.45, 2.75) is 75.1 Å². The number of likely N-dealkylation sites (tertiary alicyclic amines) is 1. The molecule has 2 unspecified atom stereocenters. The largest absolute Gasteiger partial charge is 0.468 e. The molecule has 4 nitrogen and oxygen atoms in total. The first-order chi connectivity index (χ1) is 11.6. The summed E-state index contributed by atoms with van der Waals surface area (Å²) in [6.45, 7) is 3.23. The number of aliphatic hydroxyl groups is 1. The number of furan rings is 1. The molecular weight excluding hydrogens is 300 g/mol. The van der Waals surface area contributed by atoms with Gasteiger partial charge in [0.05, 0.1) is 18.4 Å². The van der Waals surface area contributed by atoms with Crippen molar-refractivity contribution in [2.24, 2.45) is 11.8 Å². The first-order valence-corrected chi connectivity index (χ1v) is 9.85. The minimum Gasteiger partial charge on any atom is -0.468 e. The molecule has 4 aliphatic carbocycles. The molecule has 5 fully saturated rings. The molecule has 1 aromatic heterocycles. The van der Waals surface area contributed by atoms with Crippen molar-refractivity contribution >= 4 is 0 Å². The second kappa shape index (κ2) is 5.58. The summed E-state index contributed by atoms with van der Waals surface area (Å²) in [5.74, 6) is 2.61. The van der Waals surface area contributed by atoms with Crippen molar-refractivity contribution in [2.75, 3.05) is 13.1 Å². The summed E-state index contributed by atoms with van der Waals surface area (Å²) < 4.78 is 5.48. The van der Waals surface area contributed by atoms with Gasteiger partial charge in [-0.3, -0.25) is 4.90 Å². The average molecular weight is 330 g/mol. The van der Waals surface area contributed by atoms with Gasteiger partial charge in [0, 0.05) is 24.7 Å². The molecular formula is C20H30N2O2.